The van der Waals surface area contributed by atoms with E-state index in [1.807, 2.05) is 0 Å². The van der Waals surface area contributed by atoms with Gasteiger partial charge in [0.05, 0.1) is 64.6 Å². The molecule has 0 saturated heterocycles. The lowest BCUT2D eigenvalue weighted by Gasteiger charge is -2.42. The molecule has 23 heteroatoms. The number of azo groups is 1. The van der Waals surface area contributed by atoms with Crippen molar-refractivity contribution in [3.05, 3.63) is 54.1 Å². The Kier molecular flexibility index (Phi) is 19.0. The molecule has 2 rings (SSSR count). The van der Waals surface area contributed by atoms with Gasteiger partial charge in [-0.15, -0.1) is 0 Å². The Hall–Kier alpha value is -3.92. The van der Waals surface area contributed by atoms with Crippen molar-refractivity contribution in [3.63, 3.8) is 0 Å². The molecule has 0 aliphatic heterocycles. The van der Waals surface area contributed by atoms with Gasteiger partial charge in [0.15, 0.2) is 0 Å². The van der Waals surface area contributed by atoms with Gasteiger partial charge in [0, 0.05) is 0 Å². The zero-order valence-corrected chi connectivity index (χ0v) is 35.5. The molecule has 0 amide bonds. The molecular formula is C41H51F17N3O3+. The average Bonchev–Trinajstić information content (AvgIpc) is 3.17. The van der Waals surface area contributed by atoms with Crippen LogP contribution in [0.2, 0.25) is 0 Å². The quantitative estimate of drug-likeness (QED) is 0.0295. The number of unbranched alkanes of at least 4 members (excludes halogenated alkanes) is 7. The summed E-state index contributed by atoms with van der Waals surface area (Å²) in [5, 5.41) is 8.15. The fourth-order valence-corrected chi connectivity index (χ4v) is 6.01. The number of hydrogen-bond donors (Lipinski definition) is 0. The molecule has 0 aliphatic carbocycles. The van der Waals surface area contributed by atoms with Gasteiger partial charge in [-0.25, -0.2) is 0 Å². The first-order valence-corrected chi connectivity index (χ1v) is 20.0. The largest absolute Gasteiger partial charge is 0.494 e. The van der Waals surface area contributed by atoms with Crippen LogP contribution in [-0.2, 0) is 9.53 Å². The maximum atomic E-state index is 14.4. The van der Waals surface area contributed by atoms with Gasteiger partial charge in [0.25, 0.3) is 0 Å². The van der Waals surface area contributed by atoms with Crippen LogP contribution in [0.25, 0.3) is 0 Å². The van der Waals surface area contributed by atoms with Crippen molar-refractivity contribution in [3.8, 4) is 5.75 Å². The third kappa shape index (κ3) is 13.6. The summed E-state index contributed by atoms with van der Waals surface area (Å²) in [5.41, 5.74) is 0.764. The number of ether oxygens (including phenoxy) is 2. The molecule has 1 atom stereocenters. The van der Waals surface area contributed by atoms with Gasteiger partial charge in [-0.3, -0.25) is 4.79 Å². The maximum absolute atomic E-state index is 14.4. The van der Waals surface area contributed by atoms with Gasteiger partial charge in [-0.2, -0.15) is 84.9 Å². The average molecular weight is 957 g/mol. The predicted molar refractivity (Wildman–Crippen MR) is 201 cm³/mol. The molecule has 0 spiro atoms. The van der Waals surface area contributed by atoms with E-state index in [0.29, 0.717) is 18.0 Å². The summed E-state index contributed by atoms with van der Waals surface area (Å²) in [6.45, 7) is 2.81. The minimum Gasteiger partial charge on any atom is -0.494 e. The van der Waals surface area contributed by atoms with Crippen LogP contribution in [0.5, 0.6) is 5.75 Å². The fraction of sp³-hybridized carbons (Fsp3) is 0.683. The molecule has 0 fully saturated rings. The SMILES string of the molecule is CC(C)CC(C(=O)OCCC(F)(F)C(F)(F)C(F)(F)C(F)(F)C(F)(F)C(F)(F)C(F)(F)C(F)(F)F)c1ccc(N=Nc2ccc(OCCCCCCCCCC[N+](C)(C)C)cc2)cc1. The van der Waals surface area contributed by atoms with Crippen LogP contribution in [0.3, 0.4) is 0 Å². The lowest BCUT2D eigenvalue weighted by Crippen LogP contribution is -2.74. The number of rotatable bonds is 27. The second kappa shape index (κ2) is 21.6. The smallest absolute Gasteiger partial charge is 0.460 e. The first-order valence-electron chi connectivity index (χ1n) is 20.0. The van der Waals surface area contributed by atoms with Crippen LogP contribution in [0.15, 0.2) is 58.8 Å². The molecule has 366 valence electrons. The van der Waals surface area contributed by atoms with Crippen LogP contribution >= 0.6 is 0 Å². The summed E-state index contributed by atoms with van der Waals surface area (Å²) in [6, 6.07) is 12.0. The molecule has 0 saturated carbocycles. The highest BCUT2D eigenvalue weighted by atomic mass is 19.4. The Labute approximate surface area is 359 Å². The van der Waals surface area contributed by atoms with E-state index in [-0.39, 0.29) is 23.6 Å². The van der Waals surface area contributed by atoms with E-state index in [1.54, 1.807) is 38.1 Å². The van der Waals surface area contributed by atoms with Gasteiger partial charge in [-0.05, 0) is 73.6 Å². The van der Waals surface area contributed by atoms with E-state index in [1.165, 1.54) is 56.4 Å². The van der Waals surface area contributed by atoms with Crippen LogP contribution in [0.4, 0.5) is 86.0 Å². The van der Waals surface area contributed by atoms with Crippen molar-refractivity contribution in [1.82, 2.24) is 0 Å². The number of halogens is 17. The summed E-state index contributed by atoms with van der Waals surface area (Å²) in [5.74, 6) is -59.8. The summed E-state index contributed by atoms with van der Waals surface area (Å²) < 4.78 is 242. The number of nitrogens with zero attached hydrogens (tertiary/aromatic N) is 3. The number of quaternary nitrogens is 1. The molecule has 64 heavy (non-hydrogen) atoms. The van der Waals surface area contributed by atoms with Gasteiger partial charge >= 0.3 is 53.6 Å². The van der Waals surface area contributed by atoms with E-state index < -0.39 is 72.5 Å². The zero-order chi connectivity index (χ0) is 49.2. The standard InChI is InChI=1S/C41H51F17N3O3/c1-27(2)26-32(33(62)64-25-22-34(42,43)35(44,45)36(46,47)37(48,49)38(50,51)39(52,53)40(54,55)41(56,57)58)28-14-16-29(17-15-28)59-60-30-18-20-31(21-19-30)63-24-13-11-9-7-6-8-10-12-23-61(3,4)5/h14-21,27,32H,6-13,22-26H2,1-5H3/q+1. The number of carbonyl (C=O) groups excluding carboxylic acids is 1. The summed E-state index contributed by atoms with van der Waals surface area (Å²) in [7, 11) is 6.55. The van der Waals surface area contributed by atoms with Crippen LogP contribution in [-0.4, -0.2) is 99.0 Å². The van der Waals surface area contributed by atoms with Gasteiger partial charge in [0.2, 0.25) is 0 Å². The molecule has 0 radical (unpaired) electrons. The number of hydrogen-bond acceptors (Lipinski definition) is 5. The number of alkyl halides is 17. The summed E-state index contributed by atoms with van der Waals surface area (Å²) in [4.78, 5) is 12.9. The molecule has 0 bridgehead atoms. The monoisotopic (exact) mass is 956 g/mol. The molecule has 2 aromatic carbocycles. The van der Waals surface area contributed by atoms with Gasteiger partial charge in [0.1, 0.15) is 5.75 Å². The van der Waals surface area contributed by atoms with Crippen molar-refractivity contribution in [2.45, 2.75) is 132 Å². The Morgan fingerprint density at radius 2 is 0.953 bits per heavy atom. The van der Waals surface area contributed by atoms with Crippen molar-refractivity contribution in [1.29, 1.82) is 0 Å². The lowest BCUT2D eigenvalue weighted by molar-refractivity contribution is -0.870. The highest BCUT2D eigenvalue weighted by molar-refractivity contribution is 5.78. The summed E-state index contributed by atoms with van der Waals surface area (Å²) >= 11 is 0. The first kappa shape index (κ1) is 56.2. The summed E-state index contributed by atoms with van der Waals surface area (Å²) in [6.07, 6.45) is -1.72. The van der Waals surface area contributed by atoms with E-state index in [9.17, 15) is 79.4 Å². The molecule has 2 aromatic rings. The molecule has 1 unspecified atom stereocenters. The minimum atomic E-state index is -8.72. The first-order chi connectivity index (χ1) is 29.1. The van der Waals surface area contributed by atoms with Crippen molar-refractivity contribution in [2.75, 3.05) is 40.9 Å². The third-order valence-corrected chi connectivity index (χ3v) is 9.84. The van der Waals surface area contributed by atoms with Crippen molar-refractivity contribution in [2.24, 2.45) is 16.1 Å². The van der Waals surface area contributed by atoms with Crippen molar-refractivity contribution >= 4 is 17.3 Å². The number of esters is 1. The van der Waals surface area contributed by atoms with Crippen molar-refractivity contribution < 1.29 is 93.4 Å². The predicted octanol–water partition coefficient (Wildman–Crippen LogP) is 14.4. The lowest BCUT2D eigenvalue weighted by atomic mass is 9.88. The maximum Gasteiger partial charge on any atom is 0.460 e. The molecular weight excluding hydrogens is 905 g/mol. The Morgan fingerprint density at radius 1 is 0.547 bits per heavy atom. The molecule has 6 nitrogen and oxygen atoms in total. The second-order valence-corrected chi connectivity index (χ2v) is 16.7. The van der Waals surface area contributed by atoms with Crippen LogP contribution in [0, 0.1) is 5.92 Å². The fourth-order valence-electron chi connectivity index (χ4n) is 6.01. The van der Waals surface area contributed by atoms with Gasteiger partial charge < -0.3 is 14.0 Å². The molecule has 0 heterocycles. The zero-order valence-electron chi connectivity index (χ0n) is 35.5. The van der Waals surface area contributed by atoms with Gasteiger partial charge in [-0.1, -0.05) is 58.1 Å². The number of carbonyl (C=O) groups is 1. The van der Waals surface area contributed by atoms with E-state index in [2.05, 4.69) is 36.1 Å². The number of benzene rings is 2. The topological polar surface area (TPSA) is 60.2 Å². The Bertz CT molecular complexity index is 1780. The Morgan fingerprint density at radius 3 is 1.39 bits per heavy atom. The highest BCUT2D eigenvalue weighted by Crippen LogP contribution is 2.64. The Balaban J connectivity index is 2.01. The third-order valence-electron chi connectivity index (χ3n) is 9.84. The van der Waals surface area contributed by atoms with Crippen LogP contribution < -0.4 is 4.74 Å². The normalized spacial score (nSPS) is 14.7. The van der Waals surface area contributed by atoms with E-state index in [4.69, 9.17) is 4.74 Å². The molecule has 0 N–H and O–H groups in total. The van der Waals surface area contributed by atoms with E-state index in [0.717, 1.165) is 30.3 Å². The molecule has 0 aromatic heterocycles. The highest BCUT2D eigenvalue weighted by Gasteiger charge is 2.95. The minimum absolute atomic E-state index is 0.104. The van der Waals surface area contributed by atoms with Crippen LogP contribution in [0.1, 0.15) is 89.5 Å². The van der Waals surface area contributed by atoms with E-state index >= 15 is 0 Å². The second-order valence-electron chi connectivity index (χ2n) is 16.7. The molecule has 0 aliphatic rings.